The third-order valence-corrected chi connectivity index (χ3v) is 4.90. The van der Waals surface area contributed by atoms with Crippen molar-refractivity contribution in [1.29, 1.82) is 0 Å². The van der Waals surface area contributed by atoms with Crippen LogP contribution in [-0.2, 0) is 9.53 Å². The molecule has 0 spiro atoms. The molecule has 1 aromatic heterocycles. The van der Waals surface area contributed by atoms with E-state index in [4.69, 9.17) is 30.2 Å². The van der Waals surface area contributed by atoms with E-state index in [9.17, 15) is 4.79 Å². The summed E-state index contributed by atoms with van der Waals surface area (Å²) in [5.74, 6) is 0.695. The summed E-state index contributed by atoms with van der Waals surface area (Å²) in [6.45, 7) is 8.07. The van der Waals surface area contributed by atoms with Crippen LogP contribution in [-0.4, -0.2) is 31.4 Å². The Morgan fingerprint density at radius 1 is 1.14 bits per heavy atom. The largest absolute Gasteiger partial charge is 0.479 e. The van der Waals surface area contributed by atoms with Crippen molar-refractivity contribution in [3.63, 3.8) is 0 Å². The number of rotatable bonds is 7. The molecule has 8 heteroatoms. The lowest BCUT2D eigenvalue weighted by Crippen LogP contribution is -2.34. The number of carbonyl (C=O) groups is 1. The van der Waals surface area contributed by atoms with Crippen LogP contribution >= 0.6 is 11.6 Å². The maximum atomic E-state index is 12.0. The minimum atomic E-state index is -1.46. The molecule has 0 saturated heterocycles. The topological polar surface area (TPSA) is 70.8 Å². The second-order valence-electron chi connectivity index (χ2n) is 7.59. The SMILES string of the molecule is CC(Oc1ccc(Oc2nc3ccc(Cl)cc3o2)cc1)C(=O)OC[Si](C)(C)C. The van der Waals surface area contributed by atoms with Gasteiger partial charge in [-0.05, 0) is 43.3 Å². The molecule has 0 bridgehead atoms. The van der Waals surface area contributed by atoms with E-state index in [2.05, 4.69) is 24.6 Å². The predicted molar refractivity (Wildman–Crippen MR) is 110 cm³/mol. The standard InChI is InChI=1S/C20H22ClNO5Si/c1-13(19(23)24-12-28(2,3)4)25-15-6-8-16(9-7-15)26-20-22-17-10-5-14(21)11-18(17)27-20/h5-11,13H,12H2,1-4H3. The second-order valence-corrected chi connectivity index (χ2v) is 13.4. The van der Waals surface area contributed by atoms with E-state index in [1.807, 2.05) is 0 Å². The monoisotopic (exact) mass is 419 g/mol. The van der Waals surface area contributed by atoms with Crippen LogP contribution in [0.15, 0.2) is 46.9 Å². The molecule has 0 fully saturated rings. The third-order valence-electron chi connectivity index (χ3n) is 3.65. The Kier molecular flexibility index (Phi) is 5.95. The van der Waals surface area contributed by atoms with E-state index in [0.29, 0.717) is 33.9 Å². The zero-order chi connectivity index (χ0) is 20.3. The van der Waals surface area contributed by atoms with Crippen molar-refractivity contribution in [2.75, 3.05) is 6.23 Å². The van der Waals surface area contributed by atoms with Crippen LogP contribution in [0.2, 0.25) is 24.7 Å². The molecule has 0 aliphatic heterocycles. The van der Waals surface area contributed by atoms with Crippen LogP contribution in [0.5, 0.6) is 17.6 Å². The van der Waals surface area contributed by atoms with Crippen LogP contribution in [0.4, 0.5) is 0 Å². The summed E-state index contributed by atoms with van der Waals surface area (Å²) in [5.41, 5.74) is 1.21. The summed E-state index contributed by atoms with van der Waals surface area (Å²) in [5, 5.41) is 0.564. The fourth-order valence-electron chi connectivity index (χ4n) is 2.27. The molecule has 28 heavy (non-hydrogen) atoms. The Balaban J connectivity index is 1.58. The van der Waals surface area contributed by atoms with Crippen molar-refractivity contribution in [2.24, 2.45) is 0 Å². The highest BCUT2D eigenvalue weighted by Crippen LogP contribution is 2.28. The molecule has 0 aliphatic rings. The van der Waals surface area contributed by atoms with Crippen molar-refractivity contribution in [3.05, 3.63) is 47.5 Å². The van der Waals surface area contributed by atoms with E-state index >= 15 is 0 Å². The van der Waals surface area contributed by atoms with Gasteiger partial charge < -0.3 is 18.6 Å². The van der Waals surface area contributed by atoms with Crippen molar-refractivity contribution in [1.82, 2.24) is 4.98 Å². The summed E-state index contributed by atoms with van der Waals surface area (Å²) in [7, 11) is -1.46. The summed E-state index contributed by atoms with van der Waals surface area (Å²) in [6.07, 6.45) is -0.0960. The van der Waals surface area contributed by atoms with E-state index in [1.54, 1.807) is 49.4 Å². The van der Waals surface area contributed by atoms with E-state index in [0.717, 1.165) is 0 Å². The Hall–Kier alpha value is -2.51. The van der Waals surface area contributed by atoms with Gasteiger partial charge in [0.1, 0.15) is 17.0 Å². The molecular formula is C20H22ClNO5Si. The lowest BCUT2D eigenvalue weighted by molar-refractivity contribution is -0.149. The fourth-order valence-corrected chi connectivity index (χ4v) is 3.00. The van der Waals surface area contributed by atoms with Crippen molar-refractivity contribution in [3.8, 4) is 17.6 Å². The first-order chi connectivity index (χ1) is 13.2. The molecule has 3 rings (SSSR count). The van der Waals surface area contributed by atoms with Crippen LogP contribution in [0.3, 0.4) is 0 Å². The minimum Gasteiger partial charge on any atom is -0.479 e. The van der Waals surface area contributed by atoms with Crippen molar-refractivity contribution in [2.45, 2.75) is 32.7 Å². The summed E-state index contributed by atoms with van der Waals surface area (Å²) < 4.78 is 22.1. The Morgan fingerprint density at radius 2 is 1.82 bits per heavy atom. The number of carbonyl (C=O) groups excluding carboxylic acids is 1. The maximum absolute atomic E-state index is 12.0. The van der Waals surface area contributed by atoms with Gasteiger partial charge in [0.25, 0.3) is 0 Å². The highest BCUT2D eigenvalue weighted by atomic mass is 35.5. The molecule has 2 aromatic carbocycles. The molecular weight excluding hydrogens is 398 g/mol. The number of fused-ring (bicyclic) bond motifs is 1. The number of nitrogens with zero attached hydrogens (tertiary/aromatic N) is 1. The number of esters is 1. The highest BCUT2D eigenvalue weighted by Gasteiger charge is 2.21. The summed E-state index contributed by atoms with van der Waals surface area (Å²) in [4.78, 5) is 16.3. The average molecular weight is 420 g/mol. The van der Waals surface area contributed by atoms with Crippen LogP contribution in [0.25, 0.3) is 11.1 Å². The summed E-state index contributed by atoms with van der Waals surface area (Å²) >= 11 is 5.94. The number of hydrogen-bond donors (Lipinski definition) is 0. The molecule has 0 radical (unpaired) electrons. The number of hydrogen-bond acceptors (Lipinski definition) is 6. The van der Waals surface area contributed by atoms with Gasteiger partial charge in [-0.2, -0.15) is 4.98 Å². The van der Waals surface area contributed by atoms with Crippen LogP contribution in [0, 0.1) is 0 Å². The Bertz CT molecular complexity index is 965. The molecule has 1 heterocycles. The van der Waals surface area contributed by atoms with Gasteiger partial charge in [0.15, 0.2) is 11.7 Å². The Labute approximate surface area is 169 Å². The lowest BCUT2D eigenvalue weighted by Gasteiger charge is -2.18. The van der Waals surface area contributed by atoms with Crippen molar-refractivity contribution < 1.29 is 23.4 Å². The van der Waals surface area contributed by atoms with E-state index in [1.165, 1.54) is 0 Å². The molecule has 0 aliphatic carbocycles. The summed E-state index contributed by atoms with van der Waals surface area (Å²) in [6, 6.07) is 12.0. The van der Waals surface area contributed by atoms with Crippen LogP contribution < -0.4 is 9.47 Å². The first-order valence-corrected chi connectivity index (χ1v) is 13.0. The quantitative estimate of drug-likeness (QED) is 0.374. The second kappa shape index (κ2) is 8.24. The first kappa shape index (κ1) is 20.2. The highest BCUT2D eigenvalue weighted by molar-refractivity contribution is 6.76. The molecule has 0 saturated carbocycles. The smallest absolute Gasteiger partial charge is 0.400 e. The third kappa shape index (κ3) is 5.50. The number of oxazole rings is 1. The molecule has 3 aromatic rings. The van der Waals surface area contributed by atoms with Gasteiger partial charge in [0, 0.05) is 11.1 Å². The molecule has 1 unspecified atom stereocenters. The van der Waals surface area contributed by atoms with Crippen molar-refractivity contribution >= 4 is 36.7 Å². The number of ether oxygens (including phenoxy) is 3. The molecule has 6 nitrogen and oxygen atoms in total. The van der Waals surface area contributed by atoms with Gasteiger partial charge in [-0.15, -0.1) is 0 Å². The van der Waals surface area contributed by atoms with Gasteiger partial charge >= 0.3 is 12.0 Å². The fraction of sp³-hybridized carbons (Fsp3) is 0.300. The molecule has 0 amide bonds. The average Bonchev–Trinajstić information content (AvgIpc) is 3.02. The number of aromatic nitrogens is 1. The maximum Gasteiger partial charge on any atom is 0.400 e. The zero-order valence-corrected chi connectivity index (χ0v) is 17.9. The number of halogens is 1. The normalized spacial score (nSPS) is 12.6. The van der Waals surface area contributed by atoms with E-state index in [-0.39, 0.29) is 12.0 Å². The molecule has 1 atom stereocenters. The first-order valence-electron chi connectivity index (χ1n) is 8.87. The predicted octanol–water partition coefficient (Wildman–Crippen LogP) is 5.46. The van der Waals surface area contributed by atoms with Gasteiger partial charge in [-0.1, -0.05) is 31.2 Å². The molecule has 0 N–H and O–H groups in total. The number of benzene rings is 2. The van der Waals surface area contributed by atoms with Gasteiger partial charge in [0.2, 0.25) is 0 Å². The van der Waals surface area contributed by atoms with Crippen LogP contribution in [0.1, 0.15) is 6.92 Å². The van der Waals surface area contributed by atoms with Gasteiger partial charge in [0.05, 0.1) is 14.3 Å². The molecule has 148 valence electrons. The van der Waals surface area contributed by atoms with E-state index < -0.39 is 14.2 Å². The minimum absolute atomic E-state index is 0.120. The lowest BCUT2D eigenvalue weighted by atomic mass is 10.3. The Morgan fingerprint density at radius 3 is 2.50 bits per heavy atom. The van der Waals surface area contributed by atoms with Gasteiger partial charge in [-0.3, -0.25) is 0 Å². The zero-order valence-electron chi connectivity index (χ0n) is 16.2. The van der Waals surface area contributed by atoms with Gasteiger partial charge in [-0.25, -0.2) is 4.79 Å².